The summed E-state index contributed by atoms with van der Waals surface area (Å²) >= 11 is 0. The molecule has 2 aliphatic rings. The van der Waals surface area contributed by atoms with E-state index in [9.17, 15) is 0 Å². The van der Waals surface area contributed by atoms with Crippen LogP contribution in [0.1, 0.15) is 63.0 Å². The Morgan fingerprint density at radius 3 is 2.10 bits per heavy atom. The summed E-state index contributed by atoms with van der Waals surface area (Å²) in [6.45, 7) is 2.57. The summed E-state index contributed by atoms with van der Waals surface area (Å²) in [4.78, 5) is 2.75. The number of nitrogen functional groups attached to an aromatic ring is 1. The Bertz CT molecular complexity index is 382. The molecule has 1 heterocycles. The van der Waals surface area contributed by atoms with Gasteiger partial charge < -0.3 is 5.73 Å². The second kappa shape index (κ2) is 6.62. The van der Waals surface area contributed by atoms with Crippen molar-refractivity contribution in [3.05, 3.63) is 29.8 Å². The summed E-state index contributed by atoms with van der Waals surface area (Å²) < 4.78 is 0. The Hall–Kier alpha value is -1.02. The summed E-state index contributed by atoms with van der Waals surface area (Å²) in [6.07, 6.45) is 11.3. The first-order chi connectivity index (χ1) is 9.84. The SMILES string of the molecule is Nc1ccc(C(C2CCCCC2)N2CCCCC2)cc1. The van der Waals surface area contributed by atoms with E-state index in [-0.39, 0.29) is 0 Å². The Balaban J connectivity index is 1.83. The van der Waals surface area contributed by atoms with Gasteiger partial charge in [-0.3, -0.25) is 4.90 Å². The van der Waals surface area contributed by atoms with Crippen LogP contribution < -0.4 is 5.73 Å². The molecular weight excluding hydrogens is 244 g/mol. The number of anilines is 1. The highest BCUT2D eigenvalue weighted by molar-refractivity contribution is 5.40. The molecule has 0 spiro atoms. The fourth-order valence-corrected chi connectivity index (χ4v) is 4.12. The minimum absolute atomic E-state index is 0.635. The number of likely N-dealkylation sites (tertiary alicyclic amines) is 1. The quantitative estimate of drug-likeness (QED) is 0.828. The Kier molecular flexibility index (Phi) is 4.62. The Morgan fingerprint density at radius 2 is 1.45 bits per heavy atom. The van der Waals surface area contributed by atoms with E-state index in [0.717, 1.165) is 11.6 Å². The van der Waals surface area contributed by atoms with Crippen LogP contribution in [0.3, 0.4) is 0 Å². The van der Waals surface area contributed by atoms with Crippen molar-refractivity contribution in [2.75, 3.05) is 18.8 Å². The molecule has 1 atom stereocenters. The zero-order valence-corrected chi connectivity index (χ0v) is 12.6. The van der Waals surface area contributed by atoms with Gasteiger partial charge in [0.2, 0.25) is 0 Å². The van der Waals surface area contributed by atoms with Crippen LogP contribution in [0, 0.1) is 5.92 Å². The molecule has 1 aliphatic carbocycles. The standard InChI is InChI=1S/C18H28N2/c19-17-11-9-16(10-12-17)18(15-7-3-1-4-8-15)20-13-5-2-6-14-20/h9-12,15,18H,1-8,13-14,19H2. The van der Waals surface area contributed by atoms with Gasteiger partial charge in [-0.1, -0.05) is 37.8 Å². The third-order valence-corrected chi connectivity index (χ3v) is 5.16. The summed E-state index contributed by atoms with van der Waals surface area (Å²) in [7, 11) is 0. The molecule has 2 N–H and O–H groups in total. The van der Waals surface area contributed by atoms with Gasteiger partial charge in [-0.05, 0) is 62.4 Å². The maximum atomic E-state index is 5.87. The largest absolute Gasteiger partial charge is 0.399 e. The highest BCUT2D eigenvalue weighted by Crippen LogP contribution is 2.39. The summed E-state index contributed by atoms with van der Waals surface area (Å²) in [6, 6.07) is 9.33. The van der Waals surface area contributed by atoms with Crippen molar-refractivity contribution < 1.29 is 0 Å². The summed E-state index contributed by atoms with van der Waals surface area (Å²) in [5.41, 5.74) is 8.25. The van der Waals surface area contributed by atoms with Gasteiger partial charge in [-0.25, -0.2) is 0 Å². The lowest BCUT2D eigenvalue weighted by Gasteiger charge is -2.41. The predicted molar refractivity (Wildman–Crippen MR) is 85.6 cm³/mol. The maximum Gasteiger partial charge on any atom is 0.0376 e. The molecular formula is C18H28N2. The minimum atomic E-state index is 0.635. The molecule has 1 unspecified atom stereocenters. The molecule has 0 bridgehead atoms. The Morgan fingerprint density at radius 1 is 0.850 bits per heavy atom. The first-order valence-corrected chi connectivity index (χ1v) is 8.44. The van der Waals surface area contributed by atoms with Gasteiger partial charge in [0.25, 0.3) is 0 Å². The van der Waals surface area contributed by atoms with Gasteiger partial charge in [0.15, 0.2) is 0 Å². The molecule has 2 nitrogen and oxygen atoms in total. The third kappa shape index (κ3) is 3.17. The number of benzene rings is 1. The molecule has 3 rings (SSSR count). The van der Waals surface area contributed by atoms with E-state index in [4.69, 9.17) is 5.73 Å². The van der Waals surface area contributed by atoms with Gasteiger partial charge in [0.05, 0.1) is 0 Å². The van der Waals surface area contributed by atoms with Crippen LogP contribution in [0.4, 0.5) is 5.69 Å². The van der Waals surface area contributed by atoms with E-state index < -0.39 is 0 Å². The fraction of sp³-hybridized carbons (Fsp3) is 0.667. The number of hydrogen-bond donors (Lipinski definition) is 1. The number of rotatable bonds is 3. The van der Waals surface area contributed by atoms with Gasteiger partial charge >= 0.3 is 0 Å². The van der Waals surface area contributed by atoms with Crippen molar-refractivity contribution >= 4 is 5.69 Å². The minimum Gasteiger partial charge on any atom is -0.399 e. The Labute approximate surface area is 123 Å². The van der Waals surface area contributed by atoms with E-state index >= 15 is 0 Å². The summed E-state index contributed by atoms with van der Waals surface area (Å²) in [5.74, 6) is 0.852. The first kappa shape index (κ1) is 13.9. The molecule has 110 valence electrons. The van der Waals surface area contributed by atoms with Crippen molar-refractivity contribution in [2.45, 2.75) is 57.4 Å². The van der Waals surface area contributed by atoms with Crippen molar-refractivity contribution in [2.24, 2.45) is 5.92 Å². The number of hydrogen-bond acceptors (Lipinski definition) is 2. The van der Waals surface area contributed by atoms with Crippen molar-refractivity contribution in [3.63, 3.8) is 0 Å². The van der Waals surface area contributed by atoms with Crippen LogP contribution in [0.5, 0.6) is 0 Å². The normalized spacial score (nSPS) is 23.6. The van der Waals surface area contributed by atoms with Gasteiger partial charge in [-0.2, -0.15) is 0 Å². The molecule has 0 amide bonds. The molecule has 1 saturated heterocycles. The molecule has 20 heavy (non-hydrogen) atoms. The van der Waals surface area contributed by atoms with E-state index in [0.29, 0.717) is 6.04 Å². The lowest BCUT2D eigenvalue weighted by atomic mass is 9.80. The van der Waals surface area contributed by atoms with E-state index in [2.05, 4.69) is 29.2 Å². The van der Waals surface area contributed by atoms with Crippen LogP contribution in [-0.2, 0) is 0 Å². The van der Waals surface area contributed by atoms with Crippen LogP contribution in [0.15, 0.2) is 24.3 Å². The van der Waals surface area contributed by atoms with Crippen molar-refractivity contribution in [3.8, 4) is 0 Å². The van der Waals surface area contributed by atoms with Crippen molar-refractivity contribution in [1.82, 2.24) is 4.90 Å². The predicted octanol–water partition coefficient (Wildman–Crippen LogP) is 4.38. The van der Waals surface area contributed by atoms with Crippen LogP contribution in [0.2, 0.25) is 0 Å². The van der Waals surface area contributed by atoms with Crippen molar-refractivity contribution in [1.29, 1.82) is 0 Å². The van der Waals surface area contributed by atoms with Gasteiger partial charge in [0.1, 0.15) is 0 Å². The highest BCUT2D eigenvalue weighted by atomic mass is 15.2. The number of piperidine rings is 1. The van der Waals surface area contributed by atoms with E-state index in [1.54, 1.807) is 0 Å². The number of nitrogens with zero attached hydrogens (tertiary/aromatic N) is 1. The molecule has 0 radical (unpaired) electrons. The second-order valence-corrected chi connectivity index (χ2v) is 6.61. The molecule has 1 aromatic rings. The molecule has 2 heteroatoms. The lowest BCUT2D eigenvalue weighted by molar-refractivity contribution is 0.0966. The van der Waals surface area contributed by atoms with Gasteiger partial charge in [0, 0.05) is 11.7 Å². The molecule has 0 aromatic heterocycles. The first-order valence-electron chi connectivity index (χ1n) is 8.44. The van der Waals surface area contributed by atoms with Crippen LogP contribution >= 0.6 is 0 Å². The molecule has 2 fully saturated rings. The maximum absolute atomic E-state index is 5.87. The average molecular weight is 272 g/mol. The topological polar surface area (TPSA) is 29.3 Å². The zero-order valence-electron chi connectivity index (χ0n) is 12.6. The van der Waals surface area contributed by atoms with Crippen LogP contribution in [0.25, 0.3) is 0 Å². The number of nitrogens with two attached hydrogens (primary N) is 1. The summed E-state index contributed by atoms with van der Waals surface area (Å²) in [5, 5.41) is 0. The molecule has 1 aliphatic heterocycles. The fourth-order valence-electron chi connectivity index (χ4n) is 4.12. The monoisotopic (exact) mass is 272 g/mol. The zero-order chi connectivity index (χ0) is 13.8. The van der Waals surface area contributed by atoms with E-state index in [1.807, 2.05) is 0 Å². The smallest absolute Gasteiger partial charge is 0.0376 e. The highest BCUT2D eigenvalue weighted by Gasteiger charge is 2.30. The lowest BCUT2D eigenvalue weighted by Crippen LogP contribution is -2.38. The van der Waals surface area contributed by atoms with E-state index in [1.165, 1.54) is 70.0 Å². The van der Waals surface area contributed by atoms with Gasteiger partial charge in [-0.15, -0.1) is 0 Å². The van der Waals surface area contributed by atoms with Crippen LogP contribution in [-0.4, -0.2) is 18.0 Å². The second-order valence-electron chi connectivity index (χ2n) is 6.61. The molecule has 1 aromatic carbocycles. The third-order valence-electron chi connectivity index (χ3n) is 5.16. The average Bonchev–Trinajstić information content (AvgIpc) is 2.52. The molecule has 1 saturated carbocycles.